The highest BCUT2D eigenvalue weighted by Crippen LogP contribution is 2.21. The van der Waals surface area contributed by atoms with Gasteiger partial charge in [0.1, 0.15) is 11.0 Å². The van der Waals surface area contributed by atoms with Crippen LogP contribution < -0.4 is 0 Å². The smallest absolute Gasteiger partial charge is 0.354 e. The lowest BCUT2D eigenvalue weighted by Gasteiger charge is -2.02. The normalized spacial score (nSPS) is 10.3. The molecule has 0 atom stereocenters. The van der Waals surface area contributed by atoms with Crippen molar-refractivity contribution in [3.63, 3.8) is 0 Å². The minimum atomic E-state index is -1.11. The summed E-state index contributed by atoms with van der Waals surface area (Å²) in [6.45, 7) is 0. The van der Waals surface area contributed by atoms with Gasteiger partial charge < -0.3 is 5.11 Å². The van der Waals surface area contributed by atoms with Gasteiger partial charge in [-0.15, -0.1) is 11.8 Å². The molecule has 0 radical (unpaired) electrons. The van der Waals surface area contributed by atoms with Crippen molar-refractivity contribution >= 4 is 29.3 Å². The molecule has 0 bridgehead atoms. The molecule has 0 aliphatic heterocycles. The van der Waals surface area contributed by atoms with Crippen molar-refractivity contribution < 1.29 is 9.90 Å². The molecular formula is C12H9ClN2O2S. The van der Waals surface area contributed by atoms with Gasteiger partial charge >= 0.3 is 5.97 Å². The highest BCUT2D eigenvalue weighted by atomic mass is 35.5. The molecule has 1 aromatic heterocycles. The van der Waals surface area contributed by atoms with E-state index in [-0.39, 0.29) is 10.8 Å². The van der Waals surface area contributed by atoms with E-state index >= 15 is 0 Å². The van der Waals surface area contributed by atoms with E-state index in [1.54, 1.807) is 0 Å². The summed E-state index contributed by atoms with van der Waals surface area (Å²) in [5.74, 6) is -0.218. The van der Waals surface area contributed by atoms with Gasteiger partial charge in [0.15, 0.2) is 5.69 Å². The van der Waals surface area contributed by atoms with Crippen molar-refractivity contribution in [3.05, 3.63) is 53.1 Å². The summed E-state index contributed by atoms with van der Waals surface area (Å²) in [7, 11) is 0. The molecule has 1 aromatic carbocycles. The molecule has 1 heterocycles. The number of hydrogen-bond donors (Lipinski definition) is 1. The molecule has 0 saturated heterocycles. The predicted octanol–water partition coefficient (Wildman–Crippen LogP) is 3.12. The van der Waals surface area contributed by atoms with Gasteiger partial charge in [0.05, 0.1) is 5.75 Å². The molecule has 0 saturated carbocycles. The topological polar surface area (TPSA) is 63.1 Å². The second-order valence-corrected chi connectivity index (χ2v) is 4.84. The van der Waals surface area contributed by atoms with Gasteiger partial charge in [-0.05, 0) is 12.1 Å². The molecule has 2 rings (SSSR count). The van der Waals surface area contributed by atoms with Crippen LogP contribution >= 0.6 is 23.4 Å². The summed E-state index contributed by atoms with van der Waals surface area (Å²) in [5.41, 5.74) is -0.0846. The van der Waals surface area contributed by atoms with E-state index < -0.39 is 5.97 Å². The van der Waals surface area contributed by atoms with Crippen LogP contribution in [0.2, 0.25) is 5.15 Å². The summed E-state index contributed by atoms with van der Waals surface area (Å²) in [5, 5.41) is 9.01. The highest BCUT2D eigenvalue weighted by Gasteiger charge is 2.09. The maximum atomic E-state index is 10.8. The number of aromatic carboxylic acids is 1. The first-order chi connectivity index (χ1) is 8.65. The van der Waals surface area contributed by atoms with E-state index in [2.05, 4.69) is 9.97 Å². The summed E-state index contributed by atoms with van der Waals surface area (Å²) in [4.78, 5) is 19.8. The number of halogens is 1. The van der Waals surface area contributed by atoms with E-state index in [1.165, 1.54) is 17.8 Å². The monoisotopic (exact) mass is 280 g/mol. The molecule has 6 heteroatoms. The molecule has 4 nitrogen and oxygen atoms in total. The first kappa shape index (κ1) is 12.9. The summed E-state index contributed by atoms with van der Waals surface area (Å²) < 4.78 is 0. The van der Waals surface area contributed by atoms with E-state index in [9.17, 15) is 4.79 Å². The van der Waals surface area contributed by atoms with Crippen molar-refractivity contribution in [1.29, 1.82) is 0 Å². The Morgan fingerprint density at radius 3 is 2.67 bits per heavy atom. The number of hydrogen-bond acceptors (Lipinski definition) is 4. The third-order valence-electron chi connectivity index (χ3n) is 2.07. The van der Waals surface area contributed by atoms with Gasteiger partial charge in [0, 0.05) is 11.0 Å². The molecule has 0 amide bonds. The van der Waals surface area contributed by atoms with Crippen LogP contribution in [0.15, 0.2) is 41.3 Å². The van der Waals surface area contributed by atoms with Crippen molar-refractivity contribution in [2.45, 2.75) is 10.6 Å². The van der Waals surface area contributed by atoms with Crippen LogP contribution in [0.4, 0.5) is 0 Å². The third kappa shape index (κ3) is 3.45. The molecule has 0 aliphatic rings. The Morgan fingerprint density at radius 1 is 1.28 bits per heavy atom. The quantitative estimate of drug-likeness (QED) is 0.689. The van der Waals surface area contributed by atoms with Crippen LogP contribution in [-0.2, 0) is 5.75 Å². The lowest BCUT2D eigenvalue weighted by molar-refractivity contribution is 0.0690. The molecule has 2 aromatic rings. The Balaban J connectivity index is 2.12. The minimum absolute atomic E-state index is 0.0846. The Labute approximate surface area is 113 Å². The van der Waals surface area contributed by atoms with Crippen LogP contribution in [0.25, 0.3) is 0 Å². The Kier molecular flexibility index (Phi) is 4.17. The van der Waals surface area contributed by atoms with Crippen LogP contribution in [0.3, 0.4) is 0 Å². The number of carboxylic acids is 1. The van der Waals surface area contributed by atoms with Gasteiger partial charge in [-0.1, -0.05) is 29.8 Å². The van der Waals surface area contributed by atoms with Crippen molar-refractivity contribution in [2.75, 3.05) is 0 Å². The maximum absolute atomic E-state index is 10.8. The zero-order chi connectivity index (χ0) is 13.0. The number of thioether (sulfide) groups is 1. The maximum Gasteiger partial charge on any atom is 0.354 e. The fourth-order valence-corrected chi connectivity index (χ4v) is 2.28. The van der Waals surface area contributed by atoms with Crippen LogP contribution in [0.5, 0.6) is 0 Å². The molecule has 0 unspecified atom stereocenters. The van der Waals surface area contributed by atoms with Gasteiger partial charge in [0.25, 0.3) is 0 Å². The lowest BCUT2D eigenvalue weighted by Crippen LogP contribution is -2.04. The van der Waals surface area contributed by atoms with Crippen LogP contribution in [0.1, 0.15) is 16.3 Å². The zero-order valence-corrected chi connectivity index (χ0v) is 10.8. The fraction of sp³-hybridized carbons (Fsp3) is 0.0833. The fourth-order valence-electron chi connectivity index (χ4n) is 1.30. The average molecular weight is 281 g/mol. The third-order valence-corrected chi connectivity index (χ3v) is 3.27. The first-order valence-electron chi connectivity index (χ1n) is 5.10. The Hall–Kier alpha value is -1.59. The van der Waals surface area contributed by atoms with Crippen molar-refractivity contribution in [3.8, 4) is 0 Å². The molecule has 92 valence electrons. The first-order valence-corrected chi connectivity index (χ1v) is 6.46. The summed E-state index contributed by atoms with van der Waals surface area (Å²) >= 11 is 7.28. The van der Waals surface area contributed by atoms with Gasteiger partial charge in [0.2, 0.25) is 0 Å². The largest absolute Gasteiger partial charge is 0.477 e. The second kappa shape index (κ2) is 5.84. The molecule has 0 spiro atoms. The predicted molar refractivity (Wildman–Crippen MR) is 70.0 cm³/mol. The number of carboxylic acid groups (broad SMARTS) is 1. The SMILES string of the molecule is O=C(O)c1cc(Cl)nc(CSc2ccccc2)n1. The van der Waals surface area contributed by atoms with E-state index in [1.807, 2.05) is 30.3 Å². The van der Waals surface area contributed by atoms with Crippen LogP contribution in [-0.4, -0.2) is 21.0 Å². The number of benzene rings is 1. The Morgan fingerprint density at radius 2 is 2.00 bits per heavy atom. The van der Waals surface area contributed by atoms with E-state index in [0.717, 1.165) is 4.90 Å². The summed E-state index contributed by atoms with van der Waals surface area (Å²) in [6, 6.07) is 11.0. The average Bonchev–Trinajstić information content (AvgIpc) is 2.37. The Bertz CT molecular complexity index is 563. The van der Waals surface area contributed by atoms with Crippen LogP contribution in [0, 0.1) is 0 Å². The molecule has 1 N–H and O–H groups in total. The lowest BCUT2D eigenvalue weighted by atomic mass is 10.4. The van der Waals surface area contributed by atoms with Crippen molar-refractivity contribution in [2.24, 2.45) is 0 Å². The van der Waals surface area contributed by atoms with Gasteiger partial charge in [-0.3, -0.25) is 0 Å². The number of carbonyl (C=O) groups is 1. The standard InChI is InChI=1S/C12H9ClN2O2S/c13-10-6-9(12(16)17)14-11(15-10)7-18-8-4-2-1-3-5-8/h1-6H,7H2,(H,16,17). The number of aromatic nitrogens is 2. The van der Waals surface area contributed by atoms with Crippen molar-refractivity contribution in [1.82, 2.24) is 9.97 Å². The number of rotatable bonds is 4. The molecule has 0 aliphatic carbocycles. The summed E-state index contributed by atoms with van der Waals surface area (Å²) in [6.07, 6.45) is 0. The number of nitrogens with zero attached hydrogens (tertiary/aromatic N) is 2. The van der Waals surface area contributed by atoms with E-state index in [4.69, 9.17) is 16.7 Å². The van der Waals surface area contributed by atoms with Gasteiger partial charge in [-0.25, -0.2) is 14.8 Å². The second-order valence-electron chi connectivity index (χ2n) is 3.40. The minimum Gasteiger partial charge on any atom is -0.477 e. The zero-order valence-electron chi connectivity index (χ0n) is 9.21. The van der Waals surface area contributed by atoms with Gasteiger partial charge in [-0.2, -0.15) is 0 Å². The molecule has 0 fully saturated rings. The highest BCUT2D eigenvalue weighted by molar-refractivity contribution is 7.98. The molecule has 18 heavy (non-hydrogen) atoms. The van der Waals surface area contributed by atoms with E-state index in [0.29, 0.717) is 11.6 Å². The molecular weight excluding hydrogens is 272 g/mol.